The first-order valence-corrected chi connectivity index (χ1v) is 5.90. The lowest BCUT2D eigenvalue weighted by atomic mass is 10.00. The van der Waals surface area contributed by atoms with Crippen LogP contribution in [0.4, 0.5) is 4.39 Å². The van der Waals surface area contributed by atoms with Crippen LogP contribution in [0, 0.1) is 11.7 Å². The van der Waals surface area contributed by atoms with E-state index in [1.165, 1.54) is 13.2 Å². The Morgan fingerprint density at radius 1 is 1.39 bits per heavy atom. The monoisotopic (exact) mass is 254 g/mol. The van der Waals surface area contributed by atoms with E-state index >= 15 is 0 Å². The fraction of sp³-hybridized carbons (Fsp3) is 0.500. The summed E-state index contributed by atoms with van der Waals surface area (Å²) in [4.78, 5) is 11.8. The minimum absolute atomic E-state index is 0.00621. The average molecular weight is 254 g/mol. The molecule has 0 aliphatic rings. The molecule has 0 spiro atoms. The number of ether oxygens (including phenoxy) is 2. The molecule has 0 N–H and O–H groups in total. The summed E-state index contributed by atoms with van der Waals surface area (Å²) in [6.07, 6.45) is 0.488. The number of hydrogen-bond acceptors (Lipinski definition) is 3. The standard InChI is InChI=1S/C14H19FO3/c1-10(9-17-2)7-12(16)8-11-5-4-6-13(18-3)14(11)15/h4-6,10H,7-9H2,1-3H3. The number of ketones is 1. The first-order chi connectivity index (χ1) is 8.58. The third kappa shape index (κ3) is 4.11. The van der Waals surface area contributed by atoms with Gasteiger partial charge in [0.1, 0.15) is 5.78 Å². The van der Waals surface area contributed by atoms with Crippen LogP contribution >= 0.6 is 0 Å². The molecular weight excluding hydrogens is 235 g/mol. The predicted molar refractivity (Wildman–Crippen MR) is 67.3 cm³/mol. The van der Waals surface area contributed by atoms with E-state index in [9.17, 15) is 9.18 Å². The largest absolute Gasteiger partial charge is 0.494 e. The molecule has 0 amide bonds. The second-order valence-electron chi connectivity index (χ2n) is 4.41. The van der Waals surface area contributed by atoms with E-state index in [0.717, 1.165) is 0 Å². The van der Waals surface area contributed by atoms with Crippen LogP contribution < -0.4 is 4.74 Å². The lowest BCUT2D eigenvalue weighted by Gasteiger charge is -2.10. The number of benzene rings is 1. The van der Waals surface area contributed by atoms with Gasteiger partial charge in [0.15, 0.2) is 11.6 Å². The molecule has 0 aromatic heterocycles. The topological polar surface area (TPSA) is 35.5 Å². The molecule has 4 heteroatoms. The maximum atomic E-state index is 13.8. The van der Waals surface area contributed by atoms with Gasteiger partial charge in [-0.3, -0.25) is 4.79 Å². The molecule has 0 fully saturated rings. The number of hydrogen-bond donors (Lipinski definition) is 0. The van der Waals surface area contributed by atoms with Gasteiger partial charge in [-0.05, 0) is 17.5 Å². The zero-order chi connectivity index (χ0) is 13.5. The Balaban J connectivity index is 2.64. The fourth-order valence-electron chi connectivity index (χ4n) is 1.87. The van der Waals surface area contributed by atoms with E-state index < -0.39 is 5.82 Å². The van der Waals surface area contributed by atoms with Gasteiger partial charge < -0.3 is 9.47 Å². The van der Waals surface area contributed by atoms with E-state index in [1.54, 1.807) is 19.2 Å². The highest BCUT2D eigenvalue weighted by atomic mass is 19.1. The maximum absolute atomic E-state index is 13.8. The molecule has 0 heterocycles. The average Bonchev–Trinajstić information content (AvgIpc) is 2.32. The molecule has 0 bridgehead atoms. The zero-order valence-electron chi connectivity index (χ0n) is 11.0. The van der Waals surface area contributed by atoms with Gasteiger partial charge in [0, 0.05) is 26.6 Å². The van der Waals surface area contributed by atoms with Gasteiger partial charge >= 0.3 is 0 Å². The van der Waals surface area contributed by atoms with Crippen molar-refractivity contribution < 1.29 is 18.7 Å². The molecule has 1 aromatic carbocycles. The summed E-state index contributed by atoms with van der Waals surface area (Å²) in [5.74, 6) is -0.124. The highest BCUT2D eigenvalue weighted by Gasteiger charge is 2.14. The zero-order valence-corrected chi connectivity index (χ0v) is 11.0. The van der Waals surface area contributed by atoms with Gasteiger partial charge in [-0.15, -0.1) is 0 Å². The van der Waals surface area contributed by atoms with E-state index in [4.69, 9.17) is 9.47 Å². The number of carbonyl (C=O) groups is 1. The van der Waals surface area contributed by atoms with Gasteiger partial charge in [0.25, 0.3) is 0 Å². The van der Waals surface area contributed by atoms with Crippen molar-refractivity contribution >= 4 is 5.78 Å². The second-order valence-corrected chi connectivity index (χ2v) is 4.41. The van der Waals surface area contributed by atoms with Crippen molar-refractivity contribution in [1.82, 2.24) is 0 Å². The van der Waals surface area contributed by atoms with Crippen LogP contribution in [-0.2, 0) is 16.0 Å². The van der Waals surface area contributed by atoms with Crippen molar-refractivity contribution in [1.29, 1.82) is 0 Å². The molecule has 0 aliphatic heterocycles. The summed E-state index contributed by atoms with van der Waals surface area (Å²) < 4.78 is 23.7. The van der Waals surface area contributed by atoms with Crippen LogP contribution in [0.3, 0.4) is 0 Å². The Labute approximate surface area is 107 Å². The minimum atomic E-state index is -0.451. The minimum Gasteiger partial charge on any atom is -0.494 e. The van der Waals surface area contributed by atoms with Gasteiger partial charge in [-0.1, -0.05) is 19.1 Å². The van der Waals surface area contributed by atoms with Crippen molar-refractivity contribution in [2.24, 2.45) is 5.92 Å². The van der Waals surface area contributed by atoms with Gasteiger partial charge in [0.05, 0.1) is 7.11 Å². The van der Waals surface area contributed by atoms with Crippen LogP contribution in [0.1, 0.15) is 18.9 Å². The Hall–Kier alpha value is -1.42. The fourth-order valence-corrected chi connectivity index (χ4v) is 1.87. The Morgan fingerprint density at radius 3 is 2.72 bits per heavy atom. The van der Waals surface area contributed by atoms with Crippen LogP contribution in [0.5, 0.6) is 5.75 Å². The molecule has 100 valence electrons. The smallest absolute Gasteiger partial charge is 0.168 e. The van der Waals surface area contributed by atoms with Crippen molar-refractivity contribution in [3.05, 3.63) is 29.6 Å². The molecule has 1 rings (SSSR count). The SMILES string of the molecule is COCC(C)CC(=O)Cc1cccc(OC)c1F. The van der Waals surface area contributed by atoms with Crippen molar-refractivity contribution in [3.63, 3.8) is 0 Å². The van der Waals surface area contributed by atoms with Gasteiger partial charge in [-0.2, -0.15) is 0 Å². The van der Waals surface area contributed by atoms with Crippen LogP contribution in [0.25, 0.3) is 0 Å². The summed E-state index contributed by atoms with van der Waals surface area (Å²) in [5, 5.41) is 0. The molecule has 1 unspecified atom stereocenters. The second kappa shape index (κ2) is 7.11. The summed E-state index contributed by atoms with van der Waals surface area (Å²) >= 11 is 0. The van der Waals surface area contributed by atoms with E-state index in [-0.39, 0.29) is 23.9 Å². The van der Waals surface area contributed by atoms with Crippen LogP contribution in [-0.4, -0.2) is 26.6 Å². The lowest BCUT2D eigenvalue weighted by Crippen LogP contribution is -2.13. The molecule has 0 radical (unpaired) electrons. The summed E-state index contributed by atoms with van der Waals surface area (Å²) in [6.45, 7) is 2.47. The van der Waals surface area contributed by atoms with E-state index in [0.29, 0.717) is 18.6 Å². The number of rotatable bonds is 7. The number of carbonyl (C=O) groups excluding carboxylic acids is 1. The molecule has 3 nitrogen and oxygen atoms in total. The Bertz CT molecular complexity index is 404. The third-order valence-corrected chi connectivity index (χ3v) is 2.68. The molecule has 1 atom stereocenters. The molecule has 0 saturated carbocycles. The number of Topliss-reactive ketones (excluding diaryl/α,β-unsaturated/α-hetero) is 1. The summed E-state index contributed by atoms with van der Waals surface area (Å²) in [6, 6.07) is 4.83. The molecular formula is C14H19FO3. The number of halogens is 1. The van der Waals surface area contributed by atoms with Crippen molar-refractivity contribution in [2.75, 3.05) is 20.8 Å². The highest BCUT2D eigenvalue weighted by Crippen LogP contribution is 2.21. The molecule has 18 heavy (non-hydrogen) atoms. The van der Waals surface area contributed by atoms with Crippen LogP contribution in [0.15, 0.2) is 18.2 Å². The maximum Gasteiger partial charge on any atom is 0.168 e. The van der Waals surface area contributed by atoms with Crippen LogP contribution in [0.2, 0.25) is 0 Å². The molecule has 1 aromatic rings. The Morgan fingerprint density at radius 2 is 2.11 bits per heavy atom. The first kappa shape index (κ1) is 14.6. The third-order valence-electron chi connectivity index (χ3n) is 2.68. The summed E-state index contributed by atoms with van der Waals surface area (Å²) in [7, 11) is 3.01. The van der Waals surface area contributed by atoms with Crippen molar-refractivity contribution in [3.8, 4) is 5.75 Å². The lowest BCUT2D eigenvalue weighted by molar-refractivity contribution is -0.119. The molecule has 0 aliphatic carbocycles. The molecule has 0 saturated heterocycles. The predicted octanol–water partition coefficient (Wildman–Crippen LogP) is 2.62. The van der Waals surface area contributed by atoms with Crippen molar-refractivity contribution in [2.45, 2.75) is 19.8 Å². The van der Waals surface area contributed by atoms with Gasteiger partial charge in [-0.25, -0.2) is 4.39 Å². The number of methoxy groups -OCH3 is 2. The summed E-state index contributed by atoms with van der Waals surface area (Å²) in [5.41, 5.74) is 0.379. The van der Waals surface area contributed by atoms with E-state index in [1.807, 2.05) is 6.92 Å². The first-order valence-electron chi connectivity index (χ1n) is 5.90. The highest BCUT2D eigenvalue weighted by molar-refractivity contribution is 5.81. The van der Waals surface area contributed by atoms with Gasteiger partial charge in [0.2, 0.25) is 0 Å². The normalized spacial score (nSPS) is 12.2. The van der Waals surface area contributed by atoms with E-state index in [2.05, 4.69) is 0 Å². The Kier molecular flexibility index (Phi) is 5.78. The quantitative estimate of drug-likeness (QED) is 0.750.